The van der Waals surface area contributed by atoms with E-state index >= 15 is 0 Å². The Morgan fingerprint density at radius 1 is 1.14 bits per heavy atom. The molecule has 2 rings (SSSR count). The molecule has 0 aromatic heterocycles. The average molecular weight is 420 g/mol. The first-order valence-corrected chi connectivity index (χ1v) is 9.07. The molecule has 0 bridgehead atoms. The molecule has 0 unspecified atom stereocenters. The lowest BCUT2D eigenvalue weighted by atomic mass is 9.98. The van der Waals surface area contributed by atoms with E-state index in [0.717, 1.165) is 37.0 Å². The van der Waals surface area contributed by atoms with Gasteiger partial charge in [-0.2, -0.15) is 0 Å². The number of hydrogen-bond acceptors (Lipinski definition) is 3. The summed E-state index contributed by atoms with van der Waals surface area (Å²) in [6, 6.07) is 7.66. The van der Waals surface area contributed by atoms with Crippen LogP contribution in [0.25, 0.3) is 0 Å². The van der Waals surface area contributed by atoms with Crippen LogP contribution in [0.3, 0.4) is 0 Å². The summed E-state index contributed by atoms with van der Waals surface area (Å²) in [5, 5.41) is 0. The molecule has 1 saturated carbocycles. The molecule has 5 heteroatoms. The van der Waals surface area contributed by atoms with Crippen LogP contribution in [0.15, 0.2) is 24.3 Å². The second-order valence-corrected chi connectivity index (χ2v) is 7.25. The number of esters is 1. The van der Waals surface area contributed by atoms with Crippen LogP contribution in [0.2, 0.25) is 0 Å². The Kier molecular flexibility index (Phi) is 6.55. The lowest BCUT2D eigenvalue weighted by Gasteiger charge is -2.24. The molecular weight excluding hydrogens is 400 g/mol. The predicted molar refractivity (Wildman–Crippen MR) is 90.3 cm³/mol. The van der Waals surface area contributed by atoms with Gasteiger partial charge in [-0.1, -0.05) is 50.4 Å². The fraction of sp³-hybridized carbons (Fsp3) is 0.562. The topological polar surface area (TPSA) is 35.5 Å². The molecule has 2 atom stereocenters. The van der Waals surface area contributed by atoms with Crippen molar-refractivity contribution < 1.29 is 14.3 Å². The Labute approximate surface area is 142 Å². The maximum Gasteiger partial charge on any atom is 0.321 e. The van der Waals surface area contributed by atoms with Crippen LogP contribution in [-0.2, 0) is 9.53 Å². The van der Waals surface area contributed by atoms with E-state index in [1.165, 1.54) is 6.42 Å². The molecule has 0 saturated heterocycles. The van der Waals surface area contributed by atoms with Gasteiger partial charge in [0.25, 0.3) is 0 Å². The first kappa shape index (κ1) is 16.8. The van der Waals surface area contributed by atoms with Crippen molar-refractivity contribution in [3.8, 4) is 5.75 Å². The maximum absolute atomic E-state index is 12.2. The summed E-state index contributed by atoms with van der Waals surface area (Å²) in [5.41, 5.74) is 1.01. The van der Waals surface area contributed by atoms with Crippen molar-refractivity contribution in [3.63, 3.8) is 0 Å². The first-order valence-electron chi connectivity index (χ1n) is 7.24. The molecule has 0 spiro atoms. The van der Waals surface area contributed by atoms with Crippen LogP contribution in [-0.4, -0.2) is 24.0 Å². The van der Waals surface area contributed by atoms with Crippen molar-refractivity contribution in [3.05, 3.63) is 29.8 Å². The summed E-state index contributed by atoms with van der Waals surface area (Å²) in [5.74, 6) is 0.606. The fourth-order valence-corrected chi connectivity index (χ4v) is 3.42. The molecule has 1 fully saturated rings. The number of rotatable bonds is 5. The zero-order chi connectivity index (χ0) is 15.2. The number of ether oxygens (including phenoxy) is 2. The second kappa shape index (κ2) is 8.18. The normalized spacial score (nSPS) is 18.8. The minimum absolute atomic E-state index is 0.0851. The van der Waals surface area contributed by atoms with E-state index in [1.54, 1.807) is 7.11 Å². The highest BCUT2D eigenvalue weighted by atomic mass is 79.9. The van der Waals surface area contributed by atoms with Crippen LogP contribution >= 0.6 is 31.9 Å². The summed E-state index contributed by atoms with van der Waals surface area (Å²) in [4.78, 5) is 11.7. The second-order valence-electron chi connectivity index (χ2n) is 5.27. The molecule has 1 aliphatic rings. The van der Waals surface area contributed by atoms with Crippen molar-refractivity contribution in [1.82, 2.24) is 0 Å². The van der Waals surface area contributed by atoms with Gasteiger partial charge in [-0.25, -0.2) is 0 Å². The smallest absolute Gasteiger partial charge is 0.321 e. The van der Waals surface area contributed by atoms with Crippen molar-refractivity contribution in [1.29, 1.82) is 0 Å². The van der Waals surface area contributed by atoms with E-state index in [9.17, 15) is 4.79 Å². The van der Waals surface area contributed by atoms with Gasteiger partial charge in [0.15, 0.2) is 0 Å². The zero-order valence-corrected chi connectivity index (χ0v) is 15.2. The number of benzene rings is 1. The fourth-order valence-electron chi connectivity index (χ4n) is 2.49. The number of halogens is 2. The first-order chi connectivity index (χ1) is 10.1. The molecule has 0 radical (unpaired) electrons. The molecule has 0 aliphatic heterocycles. The van der Waals surface area contributed by atoms with Gasteiger partial charge in [0, 0.05) is 0 Å². The summed E-state index contributed by atoms with van der Waals surface area (Å²) >= 11 is 7.03. The monoisotopic (exact) mass is 418 g/mol. The van der Waals surface area contributed by atoms with Gasteiger partial charge in [-0.15, -0.1) is 0 Å². The van der Waals surface area contributed by atoms with Gasteiger partial charge in [0.2, 0.25) is 0 Å². The molecule has 1 aromatic rings. The highest BCUT2D eigenvalue weighted by Gasteiger charge is 2.29. The summed E-state index contributed by atoms with van der Waals surface area (Å²) in [6.45, 7) is 0. The number of hydrogen-bond donors (Lipinski definition) is 0. The molecule has 0 amide bonds. The van der Waals surface area contributed by atoms with E-state index in [0.29, 0.717) is 0 Å². The number of alkyl halides is 2. The van der Waals surface area contributed by atoms with Gasteiger partial charge < -0.3 is 9.47 Å². The summed E-state index contributed by atoms with van der Waals surface area (Å²) < 4.78 is 10.7. The van der Waals surface area contributed by atoms with Crippen molar-refractivity contribution in [2.45, 2.75) is 47.9 Å². The highest BCUT2D eigenvalue weighted by molar-refractivity contribution is 9.12. The van der Waals surface area contributed by atoms with Crippen molar-refractivity contribution in [2.24, 2.45) is 0 Å². The number of methoxy groups -OCH3 is 1. The van der Waals surface area contributed by atoms with E-state index in [1.807, 2.05) is 24.3 Å². The van der Waals surface area contributed by atoms with Crippen molar-refractivity contribution in [2.75, 3.05) is 7.11 Å². The Hall–Kier alpha value is -0.550. The molecule has 0 N–H and O–H groups in total. The molecule has 116 valence electrons. The van der Waals surface area contributed by atoms with Gasteiger partial charge in [0.1, 0.15) is 16.7 Å². The third kappa shape index (κ3) is 4.71. The Bertz CT molecular complexity index is 455. The van der Waals surface area contributed by atoms with Gasteiger partial charge in [-0.05, 0) is 43.4 Å². The van der Waals surface area contributed by atoms with Gasteiger partial charge in [-0.3, -0.25) is 4.79 Å². The Morgan fingerprint density at radius 2 is 1.76 bits per heavy atom. The van der Waals surface area contributed by atoms with Crippen molar-refractivity contribution >= 4 is 37.8 Å². The minimum atomic E-state index is -0.396. The molecule has 3 nitrogen and oxygen atoms in total. The van der Waals surface area contributed by atoms with E-state index in [-0.39, 0.29) is 16.9 Å². The quantitative estimate of drug-likeness (QED) is 0.509. The van der Waals surface area contributed by atoms with Crippen LogP contribution in [0.5, 0.6) is 5.75 Å². The Morgan fingerprint density at radius 3 is 2.33 bits per heavy atom. The van der Waals surface area contributed by atoms with Crippen LogP contribution in [0.1, 0.15) is 42.5 Å². The van der Waals surface area contributed by atoms with Crippen LogP contribution in [0.4, 0.5) is 0 Å². The molecule has 0 heterocycles. The van der Waals surface area contributed by atoms with Gasteiger partial charge in [0.05, 0.1) is 11.9 Å². The van der Waals surface area contributed by atoms with Gasteiger partial charge >= 0.3 is 5.97 Å². The lowest BCUT2D eigenvalue weighted by Crippen LogP contribution is -2.28. The summed E-state index contributed by atoms with van der Waals surface area (Å²) in [6.07, 6.45) is 5.62. The maximum atomic E-state index is 12.2. The SMILES string of the molecule is COc1ccc([C@@H](Br)[C@H](Br)C(=O)OC2CCCCC2)cc1. The molecule has 1 aromatic carbocycles. The minimum Gasteiger partial charge on any atom is -0.497 e. The lowest BCUT2D eigenvalue weighted by molar-refractivity contribution is -0.149. The standard InChI is InChI=1S/C16H20Br2O3/c1-20-12-9-7-11(8-10-12)14(17)15(18)16(19)21-13-5-3-2-4-6-13/h7-10,13-15H,2-6H2,1H3/t14-,15+/m1/s1. The number of carbonyl (C=O) groups excluding carboxylic acids is 1. The largest absolute Gasteiger partial charge is 0.497 e. The molecular formula is C16H20Br2O3. The van der Waals surface area contributed by atoms with Crippen LogP contribution < -0.4 is 4.74 Å². The highest BCUT2D eigenvalue weighted by Crippen LogP contribution is 2.33. The van der Waals surface area contributed by atoms with E-state index in [2.05, 4.69) is 31.9 Å². The predicted octanol–water partition coefficient (Wildman–Crippen LogP) is 4.77. The molecule has 21 heavy (non-hydrogen) atoms. The average Bonchev–Trinajstić information content (AvgIpc) is 2.54. The van der Waals surface area contributed by atoms with E-state index in [4.69, 9.17) is 9.47 Å². The zero-order valence-electron chi connectivity index (χ0n) is 12.1. The summed E-state index contributed by atoms with van der Waals surface area (Å²) in [7, 11) is 1.63. The molecule has 1 aliphatic carbocycles. The Balaban J connectivity index is 1.93. The third-order valence-corrected chi connectivity index (χ3v) is 6.42. The third-order valence-electron chi connectivity index (χ3n) is 3.75. The van der Waals surface area contributed by atoms with Crippen LogP contribution in [0, 0.1) is 0 Å². The van der Waals surface area contributed by atoms with E-state index < -0.39 is 4.83 Å². The number of carbonyl (C=O) groups is 1.